The van der Waals surface area contributed by atoms with Gasteiger partial charge >= 0.3 is 5.97 Å². The third-order valence-corrected chi connectivity index (χ3v) is 1.79. The Bertz CT molecular complexity index is 208. The molecule has 1 heterocycles. The molecule has 1 N–H and O–H groups in total. The number of carbonyl (C=O) groups is 1. The lowest BCUT2D eigenvalue weighted by molar-refractivity contribution is -0.145. The van der Waals surface area contributed by atoms with Crippen LogP contribution in [0.1, 0.15) is 13.3 Å². The summed E-state index contributed by atoms with van der Waals surface area (Å²) >= 11 is 0. The summed E-state index contributed by atoms with van der Waals surface area (Å²) < 4.78 is 10.0. The van der Waals surface area contributed by atoms with Gasteiger partial charge in [0.1, 0.15) is 12.2 Å². The van der Waals surface area contributed by atoms with Crippen molar-refractivity contribution in [3.05, 3.63) is 12.2 Å². The van der Waals surface area contributed by atoms with E-state index in [4.69, 9.17) is 14.6 Å². The minimum atomic E-state index is -0.422. The van der Waals surface area contributed by atoms with Crippen LogP contribution in [0.15, 0.2) is 12.2 Å². The van der Waals surface area contributed by atoms with E-state index in [1.165, 1.54) is 0 Å². The lowest BCUT2D eigenvalue weighted by Crippen LogP contribution is -2.25. The average molecular weight is 186 g/mol. The van der Waals surface area contributed by atoms with Gasteiger partial charge in [-0.3, -0.25) is 0 Å². The molecule has 1 fully saturated rings. The fourth-order valence-electron chi connectivity index (χ4n) is 0.956. The molecular weight excluding hydrogens is 172 g/mol. The zero-order valence-corrected chi connectivity index (χ0v) is 7.66. The van der Waals surface area contributed by atoms with Gasteiger partial charge < -0.3 is 14.6 Å². The molecule has 2 unspecified atom stereocenters. The van der Waals surface area contributed by atoms with Crippen LogP contribution in [0.25, 0.3) is 0 Å². The number of rotatable bonds is 5. The Morgan fingerprint density at radius 3 is 2.85 bits per heavy atom. The van der Waals surface area contributed by atoms with Crippen LogP contribution < -0.4 is 0 Å². The molecule has 0 aliphatic carbocycles. The number of epoxide rings is 1. The van der Waals surface area contributed by atoms with Gasteiger partial charge in [-0.05, 0) is 6.92 Å². The monoisotopic (exact) mass is 186 g/mol. The number of aliphatic hydroxyl groups is 1. The Kier molecular flexibility index (Phi) is 3.45. The van der Waals surface area contributed by atoms with Gasteiger partial charge in [0.25, 0.3) is 0 Å². The number of ether oxygens (including phenoxy) is 2. The minimum Gasteiger partial charge on any atom is -0.456 e. The highest BCUT2D eigenvalue weighted by Gasteiger charge is 2.35. The molecular formula is C9H14O4. The summed E-state index contributed by atoms with van der Waals surface area (Å²) in [7, 11) is 0. The smallest absolute Gasteiger partial charge is 0.333 e. The minimum absolute atomic E-state index is 0.00596. The van der Waals surface area contributed by atoms with Crippen LogP contribution in [-0.4, -0.2) is 36.5 Å². The first-order valence-corrected chi connectivity index (χ1v) is 4.24. The van der Waals surface area contributed by atoms with E-state index in [-0.39, 0.29) is 18.8 Å². The van der Waals surface area contributed by atoms with Crippen molar-refractivity contribution < 1.29 is 19.4 Å². The van der Waals surface area contributed by atoms with Crippen LogP contribution in [0.5, 0.6) is 0 Å². The maximum Gasteiger partial charge on any atom is 0.333 e. The van der Waals surface area contributed by atoms with Crippen LogP contribution in [0, 0.1) is 0 Å². The predicted molar refractivity (Wildman–Crippen MR) is 46.1 cm³/mol. The van der Waals surface area contributed by atoms with E-state index in [0.29, 0.717) is 18.6 Å². The summed E-state index contributed by atoms with van der Waals surface area (Å²) in [5.74, 6) is -0.422. The Morgan fingerprint density at radius 1 is 1.85 bits per heavy atom. The Hall–Kier alpha value is -0.870. The first-order chi connectivity index (χ1) is 6.15. The van der Waals surface area contributed by atoms with E-state index in [1.807, 2.05) is 0 Å². The van der Waals surface area contributed by atoms with Gasteiger partial charge in [-0.2, -0.15) is 0 Å². The van der Waals surface area contributed by atoms with Crippen LogP contribution >= 0.6 is 0 Å². The standard InChI is InChI=1S/C9H14O4/c1-6(2)9(11)13-7(3-4-10)8-5-12-8/h7-8,10H,1,3-5H2,2H3. The van der Waals surface area contributed by atoms with Crippen molar-refractivity contribution in [3.63, 3.8) is 0 Å². The Balaban J connectivity index is 2.37. The SMILES string of the molecule is C=C(C)C(=O)OC(CCO)C1CO1. The van der Waals surface area contributed by atoms with Gasteiger partial charge in [-0.25, -0.2) is 4.79 Å². The second kappa shape index (κ2) is 4.39. The molecule has 1 aliphatic rings. The van der Waals surface area contributed by atoms with Crippen LogP contribution in [-0.2, 0) is 14.3 Å². The molecule has 4 heteroatoms. The third-order valence-electron chi connectivity index (χ3n) is 1.79. The van der Waals surface area contributed by atoms with E-state index in [9.17, 15) is 4.79 Å². The normalized spacial score (nSPS) is 22.2. The predicted octanol–water partition coefficient (Wildman–Crippen LogP) is 0.255. The quantitative estimate of drug-likeness (QED) is 0.380. The van der Waals surface area contributed by atoms with Crippen molar-refractivity contribution in [2.75, 3.05) is 13.2 Å². The first kappa shape index (κ1) is 10.2. The topological polar surface area (TPSA) is 59.1 Å². The number of hydrogen-bond donors (Lipinski definition) is 1. The molecule has 1 aliphatic heterocycles. The zero-order chi connectivity index (χ0) is 9.84. The molecule has 4 nitrogen and oxygen atoms in total. The van der Waals surface area contributed by atoms with Gasteiger partial charge in [-0.1, -0.05) is 6.58 Å². The molecule has 1 saturated heterocycles. The molecule has 0 amide bonds. The van der Waals surface area contributed by atoms with Crippen molar-refractivity contribution in [2.24, 2.45) is 0 Å². The van der Waals surface area contributed by atoms with Crippen molar-refractivity contribution >= 4 is 5.97 Å². The maximum absolute atomic E-state index is 11.1. The van der Waals surface area contributed by atoms with Crippen molar-refractivity contribution in [1.82, 2.24) is 0 Å². The number of hydrogen-bond acceptors (Lipinski definition) is 4. The molecule has 13 heavy (non-hydrogen) atoms. The Labute approximate surface area is 77.1 Å². The molecule has 2 atom stereocenters. The van der Waals surface area contributed by atoms with Gasteiger partial charge in [-0.15, -0.1) is 0 Å². The van der Waals surface area contributed by atoms with E-state index in [1.54, 1.807) is 6.92 Å². The van der Waals surface area contributed by atoms with Gasteiger partial charge in [0.2, 0.25) is 0 Å². The molecule has 0 spiro atoms. The third kappa shape index (κ3) is 3.16. The van der Waals surface area contributed by atoms with E-state index in [0.717, 1.165) is 0 Å². The summed E-state index contributed by atoms with van der Waals surface area (Å²) in [5.41, 5.74) is 0.364. The molecule has 0 aromatic rings. The van der Waals surface area contributed by atoms with Crippen molar-refractivity contribution in [2.45, 2.75) is 25.6 Å². The highest BCUT2D eigenvalue weighted by molar-refractivity contribution is 5.87. The van der Waals surface area contributed by atoms with E-state index >= 15 is 0 Å². The lowest BCUT2D eigenvalue weighted by atomic mass is 10.2. The number of esters is 1. The van der Waals surface area contributed by atoms with Crippen LogP contribution in [0.4, 0.5) is 0 Å². The summed E-state index contributed by atoms with van der Waals surface area (Å²) in [4.78, 5) is 11.1. The van der Waals surface area contributed by atoms with Crippen molar-refractivity contribution in [3.8, 4) is 0 Å². The summed E-state index contributed by atoms with van der Waals surface area (Å²) in [6.07, 6.45) is 0.0635. The molecule has 0 radical (unpaired) electrons. The zero-order valence-electron chi connectivity index (χ0n) is 7.66. The molecule has 0 saturated carbocycles. The molecule has 1 rings (SSSR count). The highest BCUT2D eigenvalue weighted by atomic mass is 16.6. The molecule has 74 valence electrons. The van der Waals surface area contributed by atoms with E-state index < -0.39 is 5.97 Å². The second-order valence-corrected chi connectivity index (χ2v) is 3.11. The highest BCUT2D eigenvalue weighted by Crippen LogP contribution is 2.20. The Morgan fingerprint density at radius 2 is 2.46 bits per heavy atom. The molecule has 0 aromatic carbocycles. The first-order valence-electron chi connectivity index (χ1n) is 4.24. The van der Waals surface area contributed by atoms with Gasteiger partial charge in [0.15, 0.2) is 0 Å². The average Bonchev–Trinajstić information content (AvgIpc) is 2.85. The van der Waals surface area contributed by atoms with Crippen LogP contribution in [0.2, 0.25) is 0 Å². The lowest BCUT2D eigenvalue weighted by Gasteiger charge is -2.14. The van der Waals surface area contributed by atoms with Gasteiger partial charge in [0, 0.05) is 18.6 Å². The van der Waals surface area contributed by atoms with Crippen molar-refractivity contribution in [1.29, 1.82) is 0 Å². The number of carbonyl (C=O) groups excluding carboxylic acids is 1. The fraction of sp³-hybridized carbons (Fsp3) is 0.667. The molecule has 0 aromatic heterocycles. The van der Waals surface area contributed by atoms with Gasteiger partial charge in [0.05, 0.1) is 6.61 Å². The fourth-order valence-corrected chi connectivity index (χ4v) is 0.956. The second-order valence-electron chi connectivity index (χ2n) is 3.11. The maximum atomic E-state index is 11.1. The van der Waals surface area contributed by atoms with E-state index in [2.05, 4.69) is 6.58 Å². The summed E-state index contributed by atoms with van der Waals surface area (Å²) in [6, 6.07) is 0. The molecule has 0 bridgehead atoms. The summed E-state index contributed by atoms with van der Waals surface area (Å²) in [6.45, 7) is 5.66. The summed E-state index contributed by atoms with van der Waals surface area (Å²) in [5, 5.41) is 8.70. The number of aliphatic hydroxyl groups excluding tert-OH is 1. The van der Waals surface area contributed by atoms with Crippen LogP contribution in [0.3, 0.4) is 0 Å². The largest absolute Gasteiger partial charge is 0.456 e.